The number of carbonyl (C=O) groups is 1. The van der Waals surface area contributed by atoms with E-state index in [0.717, 1.165) is 26.2 Å². The van der Waals surface area contributed by atoms with E-state index in [9.17, 15) is 4.79 Å². The Morgan fingerprint density at radius 3 is 2.50 bits per heavy atom. The lowest BCUT2D eigenvalue weighted by atomic mass is 10.1. The summed E-state index contributed by atoms with van der Waals surface area (Å²) in [6, 6.07) is -0.0705. The first-order chi connectivity index (χ1) is 7.47. The van der Waals surface area contributed by atoms with Crippen molar-refractivity contribution in [3.05, 3.63) is 0 Å². The van der Waals surface area contributed by atoms with Gasteiger partial charge in [0, 0.05) is 43.2 Å². The molecule has 16 heavy (non-hydrogen) atoms. The Hall–Kier alpha value is -0.420. The zero-order valence-electron chi connectivity index (χ0n) is 10.5. The number of hydrogen-bond acceptors (Lipinski definition) is 3. The molecule has 5 heteroatoms. The van der Waals surface area contributed by atoms with Crippen LogP contribution < -0.4 is 10.6 Å². The topological polar surface area (TPSA) is 44.4 Å². The zero-order chi connectivity index (χ0) is 12.0. The molecule has 1 fully saturated rings. The van der Waals surface area contributed by atoms with Gasteiger partial charge in [-0.05, 0) is 20.8 Å². The van der Waals surface area contributed by atoms with Crippen LogP contribution in [0.4, 0.5) is 4.79 Å². The largest absolute Gasteiger partial charge is 0.337 e. The van der Waals surface area contributed by atoms with Crippen LogP contribution in [0.25, 0.3) is 0 Å². The van der Waals surface area contributed by atoms with Crippen molar-refractivity contribution in [1.82, 2.24) is 15.5 Å². The summed E-state index contributed by atoms with van der Waals surface area (Å²) in [5, 5.41) is 5.77. The van der Waals surface area contributed by atoms with Gasteiger partial charge in [-0.2, -0.15) is 11.8 Å². The van der Waals surface area contributed by atoms with Gasteiger partial charge in [-0.15, -0.1) is 0 Å². The number of hydrogen-bond donors (Lipinski definition) is 2. The van der Waals surface area contributed by atoms with Crippen molar-refractivity contribution >= 4 is 17.8 Å². The third-order valence-electron chi connectivity index (χ3n) is 2.31. The highest BCUT2D eigenvalue weighted by Gasteiger charge is 2.14. The predicted molar refractivity (Wildman–Crippen MR) is 70.1 cm³/mol. The molecule has 1 aliphatic rings. The molecule has 0 unspecified atom stereocenters. The van der Waals surface area contributed by atoms with Crippen LogP contribution in [0, 0.1) is 0 Å². The first kappa shape index (κ1) is 13.6. The van der Waals surface area contributed by atoms with Gasteiger partial charge < -0.3 is 10.6 Å². The van der Waals surface area contributed by atoms with Crippen LogP contribution in [0.3, 0.4) is 0 Å². The maximum absolute atomic E-state index is 11.5. The third kappa shape index (κ3) is 6.23. The summed E-state index contributed by atoms with van der Waals surface area (Å²) in [6.45, 7) is 9.92. The highest BCUT2D eigenvalue weighted by atomic mass is 32.2. The zero-order valence-corrected chi connectivity index (χ0v) is 11.3. The molecule has 2 amide bonds. The molecular formula is C11H23N3OS. The quantitative estimate of drug-likeness (QED) is 0.783. The Labute approximate surface area is 103 Å². The molecule has 0 aromatic rings. The number of thioether (sulfide) groups is 1. The fourth-order valence-corrected chi connectivity index (χ4v) is 2.52. The number of urea groups is 1. The maximum Gasteiger partial charge on any atom is 0.315 e. The van der Waals surface area contributed by atoms with Crippen LogP contribution in [0.1, 0.15) is 20.8 Å². The monoisotopic (exact) mass is 245 g/mol. The Kier molecular flexibility index (Phi) is 5.41. The van der Waals surface area contributed by atoms with Crippen molar-refractivity contribution in [1.29, 1.82) is 0 Å². The van der Waals surface area contributed by atoms with Gasteiger partial charge in [-0.3, -0.25) is 4.90 Å². The van der Waals surface area contributed by atoms with E-state index in [4.69, 9.17) is 0 Å². The molecule has 94 valence electrons. The van der Waals surface area contributed by atoms with Crippen molar-refractivity contribution in [3.8, 4) is 0 Å². The predicted octanol–water partition coefficient (Wildman–Crippen LogP) is 1.13. The molecule has 0 atom stereocenters. The molecular weight excluding hydrogens is 222 g/mol. The molecule has 0 aromatic heterocycles. The SMILES string of the molecule is CC(C)(C)NC(=O)NCCN1CCSCC1. The molecule has 1 rings (SSSR count). The summed E-state index contributed by atoms with van der Waals surface area (Å²) < 4.78 is 0. The molecule has 0 saturated carbocycles. The van der Waals surface area contributed by atoms with Gasteiger partial charge in [-0.25, -0.2) is 4.79 Å². The standard InChI is InChI=1S/C11H23N3OS/c1-11(2,3)13-10(15)12-4-5-14-6-8-16-9-7-14/h4-9H2,1-3H3,(H2,12,13,15). The Bertz CT molecular complexity index is 222. The average Bonchev–Trinajstić information content (AvgIpc) is 2.16. The van der Waals surface area contributed by atoms with Crippen molar-refractivity contribution in [2.45, 2.75) is 26.3 Å². The maximum atomic E-state index is 11.5. The summed E-state index contributed by atoms with van der Waals surface area (Å²) >= 11 is 2.00. The van der Waals surface area contributed by atoms with Gasteiger partial charge >= 0.3 is 6.03 Å². The Balaban J connectivity index is 2.08. The van der Waals surface area contributed by atoms with Crippen LogP contribution in [-0.4, -0.2) is 54.2 Å². The molecule has 0 aliphatic carbocycles. The summed E-state index contributed by atoms with van der Waals surface area (Å²) in [5.41, 5.74) is -0.161. The summed E-state index contributed by atoms with van der Waals surface area (Å²) in [6.07, 6.45) is 0. The first-order valence-corrected chi connectivity index (χ1v) is 6.99. The van der Waals surface area contributed by atoms with Crippen LogP contribution in [-0.2, 0) is 0 Å². The Morgan fingerprint density at radius 2 is 1.94 bits per heavy atom. The molecule has 1 aliphatic heterocycles. The number of rotatable bonds is 3. The van der Waals surface area contributed by atoms with Gasteiger partial charge in [0.15, 0.2) is 0 Å². The minimum Gasteiger partial charge on any atom is -0.337 e. The normalized spacial score (nSPS) is 18.2. The van der Waals surface area contributed by atoms with Gasteiger partial charge in [0.25, 0.3) is 0 Å². The lowest BCUT2D eigenvalue weighted by Crippen LogP contribution is -2.48. The minimum absolute atomic E-state index is 0.0705. The second-order valence-electron chi connectivity index (χ2n) is 5.08. The molecule has 1 saturated heterocycles. The molecule has 0 radical (unpaired) electrons. The summed E-state index contributed by atoms with van der Waals surface area (Å²) in [5.74, 6) is 2.43. The van der Waals surface area contributed by atoms with E-state index in [-0.39, 0.29) is 11.6 Å². The number of amides is 2. The van der Waals surface area contributed by atoms with E-state index in [1.54, 1.807) is 0 Å². The van der Waals surface area contributed by atoms with E-state index >= 15 is 0 Å². The molecule has 4 nitrogen and oxygen atoms in total. The second-order valence-corrected chi connectivity index (χ2v) is 6.31. The minimum atomic E-state index is -0.161. The summed E-state index contributed by atoms with van der Waals surface area (Å²) in [7, 11) is 0. The van der Waals surface area contributed by atoms with E-state index < -0.39 is 0 Å². The van der Waals surface area contributed by atoms with E-state index in [0.29, 0.717) is 0 Å². The van der Waals surface area contributed by atoms with Crippen LogP contribution in [0.2, 0.25) is 0 Å². The van der Waals surface area contributed by atoms with Crippen molar-refractivity contribution < 1.29 is 4.79 Å². The fraction of sp³-hybridized carbons (Fsp3) is 0.909. The van der Waals surface area contributed by atoms with E-state index in [2.05, 4.69) is 15.5 Å². The fourth-order valence-electron chi connectivity index (χ4n) is 1.54. The lowest BCUT2D eigenvalue weighted by Gasteiger charge is -2.26. The molecule has 1 heterocycles. The third-order valence-corrected chi connectivity index (χ3v) is 3.25. The van der Waals surface area contributed by atoms with Crippen molar-refractivity contribution in [2.24, 2.45) is 0 Å². The highest BCUT2D eigenvalue weighted by Crippen LogP contribution is 2.07. The average molecular weight is 245 g/mol. The van der Waals surface area contributed by atoms with Crippen molar-refractivity contribution in [3.63, 3.8) is 0 Å². The van der Waals surface area contributed by atoms with Crippen LogP contribution in [0.5, 0.6) is 0 Å². The summed E-state index contributed by atoms with van der Waals surface area (Å²) in [4.78, 5) is 13.9. The molecule has 0 aromatic carbocycles. The van der Waals surface area contributed by atoms with Crippen LogP contribution >= 0.6 is 11.8 Å². The van der Waals surface area contributed by atoms with Crippen LogP contribution in [0.15, 0.2) is 0 Å². The highest BCUT2D eigenvalue weighted by molar-refractivity contribution is 7.99. The number of carbonyl (C=O) groups excluding carboxylic acids is 1. The van der Waals surface area contributed by atoms with E-state index in [1.165, 1.54) is 11.5 Å². The second kappa shape index (κ2) is 6.35. The van der Waals surface area contributed by atoms with Gasteiger partial charge in [0.2, 0.25) is 0 Å². The van der Waals surface area contributed by atoms with Crippen molar-refractivity contribution in [2.75, 3.05) is 37.7 Å². The van der Waals surface area contributed by atoms with Gasteiger partial charge in [0.05, 0.1) is 0 Å². The molecule has 2 N–H and O–H groups in total. The number of nitrogens with zero attached hydrogens (tertiary/aromatic N) is 1. The van der Waals surface area contributed by atoms with Gasteiger partial charge in [-0.1, -0.05) is 0 Å². The lowest BCUT2D eigenvalue weighted by molar-refractivity contribution is 0.228. The smallest absolute Gasteiger partial charge is 0.315 e. The Morgan fingerprint density at radius 1 is 1.31 bits per heavy atom. The molecule has 0 bridgehead atoms. The van der Waals surface area contributed by atoms with Gasteiger partial charge in [0.1, 0.15) is 0 Å². The van der Waals surface area contributed by atoms with E-state index in [1.807, 2.05) is 32.5 Å². The first-order valence-electron chi connectivity index (χ1n) is 5.83. The number of nitrogens with one attached hydrogen (secondary N) is 2. The molecule has 0 spiro atoms.